The van der Waals surface area contributed by atoms with E-state index in [9.17, 15) is 4.79 Å². The van der Waals surface area contributed by atoms with Crippen LogP contribution in [0, 0.1) is 6.92 Å². The highest BCUT2D eigenvalue weighted by Crippen LogP contribution is 2.15. The first-order chi connectivity index (χ1) is 8.08. The third kappa shape index (κ3) is 2.38. The van der Waals surface area contributed by atoms with E-state index in [1.165, 1.54) is 0 Å². The fourth-order valence-electron chi connectivity index (χ4n) is 1.72. The van der Waals surface area contributed by atoms with Gasteiger partial charge in [-0.25, -0.2) is 0 Å². The molecule has 0 saturated heterocycles. The second-order valence-corrected chi connectivity index (χ2v) is 4.33. The number of hydrogen-bond donors (Lipinski definition) is 0. The highest BCUT2D eigenvalue weighted by Gasteiger charge is 2.02. The van der Waals surface area contributed by atoms with E-state index in [-0.39, 0.29) is 5.56 Å². The van der Waals surface area contributed by atoms with Gasteiger partial charge in [-0.1, -0.05) is 12.1 Å². The number of aromatic nitrogens is 1. The Kier molecular flexibility index (Phi) is 3.00. The van der Waals surface area contributed by atoms with Crippen LogP contribution in [0.4, 0.5) is 5.69 Å². The molecule has 1 aromatic heterocycles. The van der Waals surface area contributed by atoms with Gasteiger partial charge in [-0.15, -0.1) is 0 Å². The summed E-state index contributed by atoms with van der Waals surface area (Å²) >= 11 is 0. The van der Waals surface area contributed by atoms with Crippen LogP contribution in [0.3, 0.4) is 0 Å². The van der Waals surface area contributed by atoms with Gasteiger partial charge in [0.15, 0.2) is 0 Å². The van der Waals surface area contributed by atoms with Crippen molar-refractivity contribution >= 4 is 5.69 Å². The molecule has 0 fully saturated rings. The van der Waals surface area contributed by atoms with Crippen molar-refractivity contribution in [2.45, 2.75) is 6.92 Å². The third-order valence-corrected chi connectivity index (χ3v) is 2.68. The Balaban J connectivity index is 2.56. The molecule has 17 heavy (non-hydrogen) atoms. The van der Waals surface area contributed by atoms with Gasteiger partial charge in [0.2, 0.25) is 0 Å². The standard InChI is InChI=1S/C14H16N2O/c1-11-7-8-14(17)16(10-11)13-6-4-5-12(9-13)15(2)3/h4-10H,1-3H3. The van der Waals surface area contributed by atoms with Crippen molar-refractivity contribution in [3.8, 4) is 5.69 Å². The van der Waals surface area contributed by atoms with E-state index in [1.807, 2.05) is 62.4 Å². The number of rotatable bonds is 2. The van der Waals surface area contributed by atoms with Gasteiger partial charge in [0.25, 0.3) is 5.56 Å². The number of benzene rings is 1. The van der Waals surface area contributed by atoms with Crippen LogP contribution < -0.4 is 10.5 Å². The Labute approximate surface area is 101 Å². The fraction of sp³-hybridized carbons (Fsp3) is 0.214. The molecule has 88 valence electrons. The highest BCUT2D eigenvalue weighted by molar-refractivity contribution is 5.52. The molecular formula is C14H16N2O. The topological polar surface area (TPSA) is 25.2 Å². The summed E-state index contributed by atoms with van der Waals surface area (Å²) in [5.74, 6) is 0. The highest BCUT2D eigenvalue weighted by atomic mass is 16.1. The molecule has 0 radical (unpaired) electrons. The summed E-state index contributed by atoms with van der Waals surface area (Å²) in [6, 6.07) is 11.3. The Morgan fingerprint density at radius 1 is 1.12 bits per heavy atom. The monoisotopic (exact) mass is 228 g/mol. The first-order valence-electron chi connectivity index (χ1n) is 5.55. The van der Waals surface area contributed by atoms with E-state index < -0.39 is 0 Å². The van der Waals surface area contributed by atoms with Crippen molar-refractivity contribution in [3.05, 3.63) is 58.5 Å². The maximum Gasteiger partial charge on any atom is 0.255 e. The molecule has 0 atom stereocenters. The third-order valence-electron chi connectivity index (χ3n) is 2.68. The number of hydrogen-bond acceptors (Lipinski definition) is 2. The molecule has 0 bridgehead atoms. The Morgan fingerprint density at radius 2 is 1.88 bits per heavy atom. The van der Waals surface area contributed by atoms with Crippen molar-refractivity contribution in [2.75, 3.05) is 19.0 Å². The molecule has 0 aliphatic rings. The van der Waals surface area contributed by atoms with Gasteiger partial charge >= 0.3 is 0 Å². The maximum atomic E-state index is 11.8. The average Bonchev–Trinajstić information content (AvgIpc) is 2.32. The predicted octanol–water partition coefficient (Wildman–Crippen LogP) is 2.21. The summed E-state index contributed by atoms with van der Waals surface area (Å²) in [5.41, 5.74) is 3.03. The smallest absolute Gasteiger partial charge is 0.255 e. The zero-order valence-corrected chi connectivity index (χ0v) is 10.3. The maximum absolute atomic E-state index is 11.8. The van der Waals surface area contributed by atoms with Gasteiger partial charge in [-0.05, 0) is 30.7 Å². The molecule has 2 aromatic rings. The summed E-state index contributed by atoms with van der Waals surface area (Å²) in [7, 11) is 3.97. The molecule has 0 saturated carbocycles. The Morgan fingerprint density at radius 3 is 2.59 bits per heavy atom. The SMILES string of the molecule is Cc1ccc(=O)n(-c2cccc(N(C)C)c2)c1. The van der Waals surface area contributed by atoms with E-state index >= 15 is 0 Å². The zero-order chi connectivity index (χ0) is 12.4. The number of pyridine rings is 1. The van der Waals surface area contributed by atoms with Gasteiger partial charge in [0, 0.05) is 32.0 Å². The van der Waals surface area contributed by atoms with Crippen LogP contribution in [0.2, 0.25) is 0 Å². The Hall–Kier alpha value is -2.03. The summed E-state index contributed by atoms with van der Waals surface area (Å²) in [6.07, 6.45) is 1.86. The molecule has 3 heteroatoms. The molecule has 1 aromatic carbocycles. The van der Waals surface area contributed by atoms with Gasteiger partial charge in [0.05, 0.1) is 5.69 Å². The first-order valence-corrected chi connectivity index (χ1v) is 5.55. The number of nitrogens with zero attached hydrogens (tertiary/aromatic N) is 2. The van der Waals surface area contributed by atoms with Crippen LogP contribution in [0.25, 0.3) is 5.69 Å². The van der Waals surface area contributed by atoms with E-state index in [1.54, 1.807) is 10.6 Å². The minimum Gasteiger partial charge on any atom is -0.378 e. The fourth-order valence-corrected chi connectivity index (χ4v) is 1.72. The van der Waals surface area contributed by atoms with Crippen molar-refractivity contribution in [2.24, 2.45) is 0 Å². The molecule has 0 aliphatic carbocycles. The van der Waals surface area contributed by atoms with E-state index in [0.29, 0.717) is 0 Å². The summed E-state index contributed by atoms with van der Waals surface area (Å²) in [4.78, 5) is 13.8. The van der Waals surface area contributed by atoms with Gasteiger partial charge in [-0.3, -0.25) is 9.36 Å². The molecule has 3 nitrogen and oxygen atoms in total. The molecule has 1 heterocycles. The first kappa shape index (κ1) is 11.5. The average molecular weight is 228 g/mol. The van der Waals surface area contributed by atoms with Crippen molar-refractivity contribution < 1.29 is 0 Å². The van der Waals surface area contributed by atoms with Crippen LogP contribution in [0.15, 0.2) is 47.4 Å². The molecule has 0 aliphatic heterocycles. The quantitative estimate of drug-likeness (QED) is 0.787. The lowest BCUT2D eigenvalue weighted by Gasteiger charge is -2.14. The van der Waals surface area contributed by atoms with Crippen LogP contribution in [0.5, 0.6) is 0 Å². The Bertz CT molecular complexity index is 585. The zero-order valence-electron chi connectivity index (χ0n) is 10.3. The minimum atomic E-state index is -0.00786. The molecule has 0 spiro atoms. The largest absolute Gasteiger partial charge is 0.378 e. The van der Waals surface area contributed by atoms with Crippen molar-refractivity contribution in [1.29, 1.82) is 0 Å². The lowest BCUT2D eigenvalue weighted by molar-refractivity contribution is 0.973. The normalized spacial score (nSPS) is 10.3. The van der Waals surface area contributed by atoms with E-state index in [2.05, 4.69) is 0 Å². The summed E-state index contributed by atoms with van der Waals surface area (Å²) in [5, 5.41) is 0. The number of aryl methyl sites for hydroxylation is 1. The van der Waals surface area contributed by atoms with Crippen LogP contribution in [-0.4, -0.2) is 18.7 Å². The predicted molar refractivity (Wildman–Crippen MR) is 71.1 cm³/mol. The second-order valence-electron chi connectivity index (χ2n) is 4.33. The van der Waals surface area contributed by atoms with Crippen molar-refractivity contribution in [1.82, 2.24) is 4.57 Å². The van der Waals surface area contributed by atoms with E-state index in [0.717, 1.165) is 16.9 Å². The van der Waals surface area contributed by atoms with Gasteiger partial charge in [-0.2, -0.15) is 0 Å². The lowest BCUT2D eigenvalue weighted by atomic mass is 10.2. The van der Waals surface area contributed by atoms with Crippen molar-refractivity contribution in [3.63, 3.8) is 0 Å². The lowest BCUT2D eigenvalue weighted by Crippen LogP contribution is -2.17. The molecule has 0 amide bonds. The summed E-state index contributed by atoms with van der Waals surface area (Å²) < 4.78 is 1.67. The molecule has 0 N–H and O–H groups in total. The van der Waals surface area contributed by atoms with Crippen LogP contribution in [-0.2, 0) is 0 Å². The summed E-state index contributed by atoms with van der Waals surface area (Å²) in [6.45, 7) is 1.98. The van der Waals surface area contributed by atoms with Gasteiger partial charge in [0.1, 0.15) is 0 Å². The van der Waals surface area contributed by atoms with Crippen LogP contribution in [0.1, 0.15) is 5.56 Å². The minimum absolute atomic E-state index is 0.00786. The number of anilines is 1. The second kappa shape index (κ2) is 4.45. The molecule has 0 unspecified atom stereocenters. The molecule has 2 rings (SSSR count). The van der Waals surface area contributed by atoms with Crippen LogP contribution >= 0.6 is 0 Å². The van der Waals surface area contributed by atoms with E-state index in [4.69, 9.17) is 0 Å². The van der Waals surface area contributed by atoms with Gasteiger partial charge < -0.3 is 4.90 Å². The molecular weight excluding hydrogens is 212 g/mol.